The van der Waals surface area contributed by atoms with E-state index in [0.717, 1.165) is 0 Å². The summed E-state index contributed by atoms with van der Waals surface area (Å²) in [6, 6.07) is 0. The number of sulfonamides is 1. The number of rotatable bonds is 4. The molecule has 0 radical (unpaired) electrons. The Bertz CT molecular complexity index is 398. The number of hydrogen-bond donors (Lipinski definition) is 0. The first-order chi connectivity index (χ1) is 6.47. The van der Waals surface area contributed by atoms with E-state index in [-0.39, 0.29) is 12.3 Å². The maximum atomic E-state index is 11.4. The van der Waals surface area contributed by atoms with E-state index in [2.05, 4.69) is 15.5 Å². The second-order valence-corrected chi connectivity index (χ2v) is 5.24. The van der Waals surface area contributed by atoms with Crippen molar-refractivity contribution in [3.8, 4) is 0 Å². The van der Waals surface area contributed by atoms with Crippen LogP contribution in [0.2, 0.25) is 0 Å². The van der Waals surface area contributed by atoms with Gasteiger partial charge in [0.05, 0.1) is 12.3 Å². The molecule has 0 unspecified atom stereocenters. The molecule has 0 aliphatic rings. The molecule has 0 aromatic carbocycles. The molecular formula is C6H13N5O2S. The maximum Gasteiger partial charge on any atom is 0.213 e. The van der Waals surface area contributed by atoms with Crippen molar-refractivity contribution in [3.63, 3.8) is 0 Å². The Kier molecular flexibility index (Phi) is 3.17. The van der Waals surface area contributed by atoms with Crippen molar-refractivity contribution >= 4 is 10.0 Å². The van der Waals surface area contributed by atoms with Crippen LogP contribution >= 0.6 is 0 Å². The molecule has 80 valence electrons. The van der Waals surface area contributed by atoms with Crippen molar-refractivity contribution in [1.29, 1.82) is 0 Å². The number of tetrazole rings is 1. The van der Waals surface area contributed by atoms with Gasteiger partial charge in [-0.25, -0.2) is 13.1 Å². The van der Waals surface area contributed by atoms with Gasteiger partial charge in [0.25, 0.3) is 0 Å². The Hall–Kier alpha value is -1.02. The smallest absolute Gasteiger partial charge is 0.213 e. The van der Waals surface area contributed by atoms with Crippen LogP contribution in [0.1, 0.15) is 12.7 Å². The first-order valence-electron chi connectivity index (χ1n) is 4.12. The van der Waals surface area contributed by atoms with Crippen LogP contribution in [0.25, 0.3) is 0 Å². The third-order valence-electron chi connectivity index (χ3n) is 1.91. The molecule has 1 rings (SSSR count). The topological polar surface area (TPSA) is 81.0 Å². The molecule has 0 fully saturated rings. The molecule has 0 saturated carbocycles. The molecule has 1 aromatic rings. The largest absolute Gasteiger partial charge is 0.231 e. The third-order valence-corrected chi connectivity index (χ3v) is 3.72. The Labute approximate surface area is 82.8 Å². The predicted molar refractivity (Wildman–Crippen MR) is 49.7 cm³/mol. The zero-order valence-corrected chi connectivity index (χ0v) is 9.19. The molecule has 0 atom stereocenters. The van der Waals surface area contributed by atoms with Gasteiger partial charge in [-0.05, 0) is 17.4 Å². The number of hydrogen-bond acceptors (Lipinski definition) is 5. The van der Waals surface area contributed by atoms with Crippen molar-refractivity contribution in [1.82, 2.24) is 24.5 Å². The van der Waals surface area contributed by atoms with Gasteiger partial charge in [0.2, 0.25) is 10.0 Å². The Balaban J connectivity index is 2.76. The van der Waals surface area contributed by atoms with Crippen molar-refractivity contribution in [2.24, 2.45) is 7.05 Å². The van der Waals surface area contributed by atoms with E-state index in [1.165, 1.54) is 16.0 Å². The summed E-state index contributed by atoms with van der Waals surface area (Å²) >= 11 is 0. The van der Waals surface area contributed by atoms with Gasteiger partial charge in [-0.3, -0.25) is 0 Å². The van der Waals surface area contributed by atoms with Gasteiger partial charge >= 0.3 is 0 Å². The number of aromatic nitrogens is 4. The number of aryl methyl sites for hydroxylation is 1. The highest BCUT2D eigenvalue weighted by Crippen LogP contribution is 2.02. The van der Waals surface area contributed by atoms with E-state index in [4.69, 9.17) is 0 Å². The minimum absolute atomic E-state index is 0.0782. The molecule has 14 heavy (non-hydrogen) atoms. The molecule has 0 bridgehead atoms. The standard InChI is InChI=1S/C6H13N5O2S/c1-4-14(12,13)10(2)5-6-7-8-9-11(6)3/h4-5H2,1-3H3. The molecule has 0 saturated heterocycles. The average Bonchev–Trinajstić information content (AvgIpc) is 2.52. The highest BCUT2D eigenvalue weighted by molar-refractivity contribution is 7.89. The van der Waals surface area contributed by atoms with Crippen LogP contribution < -0.4 is 0 Å². The highest BCUT2D eigenvalue weighted by Gasteiger charge is 2.17. The molecular weight excluding hydrogens is 206 g/mol. The molecule has 0 amide bonds. The molecule has 1 aromatic heterocycles. The summed E-state index contributed by atoms with van der Waals surface area (Å²) in [7, 11) is 0.00925. The fourth-order valence-electron chi connectivity index (χ4n) is 0.900. The minimum atomic E-state index is -3.17. The normalized spacial score (nSPS) is 12.3. The summed E-state index contributed by atoms with van der Waals surface area (Å²) in [5.41, 5.74) is 0. The van der Waals surface area contributed by atoms with Gasteiger partial charge in [-0.2, -0.15) is 4.31 Å². The summed E-state index contributed by atoms with van der Waals surface area (Å²) in [5.74, 6) is 0.596. The van der Waals surface area contributed by atoms with E-state index < -0.39 is 10.0 Å². The summed E-state index contributed by atoms with van der Waals surface area (Å²) in [6.07, 6.45) is 0. The lowest BCUT2D eigenvalue weighted by Crippen LogP contribution is -2.29. The molecule has 0 spiro atoms. The van der Waals surface area contributed by atoms with Crippen LogP contribution in [0.4, 0.5) is 0 Å². The lowest BCUT2D eigenvalue weighted by Gasteiger charge is -2.14. The first kappa shape index (κ1) is 11.1. The van der Waals surface area contributed by atoms with E-state index in [1.807, 2.05) is 0 Å². The monoisotopic (exact) mass is 219 g/mol. The van der Waals surface area contributed by atoms with E-state index in [0.29, 0.717) is 5.82 Å². The molecule has 0 aliphatic heterocycles. The Morgan fingerprint density at radius 3 is 2.57 bits per heavy atom. The van der Waals surface area contributed by atoms with Gasteiger partial charge in [0, 0.05) is 14.1 Å². The van der Waals surface area contributed by atoms with Crippen molar-refractivity contribution in [3.05, 3.63) is 5.82 Å². The Morgan fingerprint density at radius 1 is 1.50 bits per heavy atom. The minimum Gasteiger partial charge on any atom is -0.231 e. The molecule has 0 aliphatic carbocycles. The lowest BCUT2D eigenvalue weighted by molar-refractivity contribution is 0.448. The van der Waals surface area contributed by atoms with Gasteiger partial charge < -0.3 is 0 Å². The molecule has 0 N–H and O–H groups in total. The van der Waals surface area contributed by atoms with Crippen LogP contribution in [-0.2, 0) is 23.6 Å². The van der Waals surface area contributed by atoms with Crippen LogP contribution in [0.15, 0.2) is 0 Å². The summed E-state index contributed by atoms with van der Waals surface area (Å²) in [6.45, 7) is 1.79. The summed E-state index contributed by atoms with van der Waals surface area (Å²) in [5, 5.41) is 10.7. The van der Waals surface area contributed by atoms with Gasteiger partial charge in [0.15, 0.2) is 5.82 Å². The van der Waals surface area contributed by atoms with Crippen LogP contribution in [0.3, 0.4) is 0 Å². The van der Waals surface area contributed by atoms with E-state index in [9.17, 15) is 8.42 Å². The summed E-state index contributed by atoms with van der Waals surface area (Å²) < 4.78 is 25.5. The third kappa shape index (κ3) is 2.26. The predicted octanol–water partition coefficient (Wildman–Crippen LogP) is -1.01. The summed E-state index contributed by atoms with van der Waals surface area (Å²) in [4.78, 5) is 0. The lowest BCUT2D eigenvalue weighted by atomic mass is 10.6. The van der Waals surface area contributed by atoms with Crippen molar-refractivity contribution in [2.45, 2.75) is 13.5 Å². The molecule has 1 heterocycles. The number of nitrogens with zero attached hydrogens (tertiary/aromatic N) is 5. The van der Waals surface area contributed by atoms with E-state index >= 15 is 0 Å². The Morgan fingerprint density at radius 2 is 2.14 bits per heavy atom. The fourth-order valence-corrected chi connectivity index (χ4v) is 1.65. The van der Waals surface area contributed by atoms with Crippen LogP contribution in [0, 0.1) is 0 Å². The van der Waals surface area contributed by atoms with Crippen molar-refractivity contribution < 1.29 is 8.42 Å². The second kappa shape index (κ2) is 4.01. The maximum absolute atomic E-state index is 11.4. The average molecular weight is 219 g/mol. The zero-order chi connectivity index (χ0) is 10.8. The second-order valence-electron chi connectivity index (χ2n) is 2.88. The molecule has 8 heteroatoms. The fraction of sp³-hybridized carbons (Fsp3) is 0.833. The van der Waals surface area contributed by atoms with Gasteiger partial charge in [0.1, 0.15) is 0 Å². The van der Waals surface area contributed by atoms with Gasteiger partial charge in [-0.15, -0.1) is 5.10 Å². The van der Waals surface area contributed by atoms with Crippen LogP contribution in [0.5, 0.6) is 0 Å². The zero-order valence-electron chi connectivity index (χ0n) is 8.38. The van der Waals surface area contributed by atoms with E-state index in [1.54, 1.807) is 14.0 Å². The van der Waals surface area contributed by atoms with Gasteiger partial charge in [-0.1, -0.05) is 0 Å². The first-order valence-corrected chi connectivity index (χ1v) is 5.73. The quantitative estimate of drug-likeness (QED) is 0.648. The van der Waals surface area contributed by atoms with Crippen molar-refractivity contribution in [2.75, 3.05) is 12.8 Å². The highest BCUT2D eigenvalue weighted by atomic mass is 32.2. The van der Waals surface area contributed by atoms with Crippen LogP contribution in [-0.4, -0.2) is 45.7 Å². The SMILES string of the molecule is CCS(=O)(=O)N(C)Cc1nnnn1C. The molecule has 7 nitrogen and oxygen atoms in total.